The lowest BCUT2D eigenvalue weighted by Gasteiger charge is -2.18. The number of fused-ring (bicyclic) bond motifs is 5. The maximum Gasteiger partial charge on any atom is 0.136 e. The van der Waals surface area contributed by atoms with Crippen LogP contribution in [0.3, 0.4) is 0 Å². The Bertz CT molecular complexity index is 2350. The molecule has 0 N–H and O–H groups in total. The maximum atomic E-state index is 8.76. The van der Waals surface area contributed by atoms with E-state index in [9.17, 15) is 0 Å². The first kappa shape index (κ1) is 17.4. The third-order valence-corrected chi connectivity index (χ3v) is 7.57. The monoisotopic (exact) mass is 501 g/mol. The molecular weight excluding hydrogens is 472 g/mol. The zero-order valence-corrected chi connectivity index (χ0v) is 20.9. The van der Waals surface area contributed by atoms with E-state index in [2.05, 4.69) is 36.4 Å². The van der Waals surface area contributed by atoms with E-state index in [-0.39, 0.29) is 29.7 Å². The summed E-state index contributed by atoms with van der Waals surface area (Å²) in [5.74, 6) is 0. The second-order valence-electron chi connectivity index (χ2n) is 9.70. The van der Waals surface area contributed by atoms with Gasteiger partial charge in [0.15, 0.2) is 0 Å². The number of hydrogen-bond acceptors (Lipinski definition) is 1. The molecule has 1 heteroatoms. The van der Waals surface area contributed by atoms with Gasteiger partial charge in [-0.2, -0.15) is 0 Å². The fourth-order valence-electron chi connectivity index (χ4n) is 5.92. The first-order valence-corrected chi connectivity index (χ1v) is 13.0. The summed E-state index contributed by atoms with van der Waals surface area (Å²) in [6.07, 6.45) is 0. The van der Waals surface area contributed by atoms with Gasteiger partial charge in [-0.05, 0) is 67.1 Å². The van der Waals surface area contributed by atoms with Crippen molar-refractivity contribution in [3.05, 3.63) is 145 Å². The van der Waals surface area contributed by atoms with Gasteiger partial charge in [-0.25, -0.2) is 0 Å². The van der Waals surface area contributed by atoms with Crippen LogP contribution in [0.25, 0.3) is 76.9 Å². The number of benzene rings is 7. The summed E-state index contributed by atoms with van der Waals surface area (Å²) in [7, 11) is 0. The molecule has 182 valence electrons. The molecule has 0 unspecified atom stereocenters. The summed E-state index contributed by atoms with van der Waals surface area (Å²) >= 11 is 0. The topological polar surface area (TPSA) is 13.1 Å². The molecule has 0 aliphatic rings. The van der Waals surface area contributed by atoms with Crippen LogP contribution < -0.4 is 0 Å². The van der Waals surface area contributed by atoms with Crippen molar-refractivity contribution < 1.29 is 11.3 Å². The van der Waals surface area contributed by atoms with E-state index < -0.39 is 6.04 Å². The van der Waals surface area contributed by atoms with Gasteiger partial charge in [0.25, 0.3) is 0 Å². The molecule has 0 bridgehead atoms. The van der Waals surface area contributed by atoms with Crippen molar-refractivity contribution in [1.29, 1.82) is 0 Å². The van der Waals surface area contributed by atoms with Gasteiger partial charge in [-0.1, -0.05) is 133 Å². The fourth-order valence-corrected chi connectivity index (χ4v) is 5.92. The summed E-state index contributed by atoms with van der Waals surface area (Å²) in [4.78, 5) is 0. The van der Waals surface area contributed by atoms with Crippen molar-refractivity contribution in [1.82, 2.24) is 0 Å². The van der Waals surface area contributed by atoms with Gasteiger partial charge in [0.1, 0.15) is 11.2 Å². The zero-order chi connectivity index (χ0) is 30.1. The fraction of sp³-hybridized carbons (Fsp3) is 0. The molecule has 0 amide bonds. The average Bonchev–Trinajstić information content (AvgIpc) is 3.45. The summed E-state index contributed by atoms with van der Waals surface area (Å²) in [5.41, 5.74) is 6.82. The van der Waals surface area contributed by atoms with Gasteiger partial charge < -0.3 is 4.42 Å². The predicted octanol–water partition coefficient (Wildman–Crippen LogP) is 10.9. The smallest absolute Gasteiger partial charge is 0.136 e. The summed E-state index contributed by atoms with van der Waals surface area (Å²) in [5, 5.41) is 5.74. The first-order chi connectivity index (χ1) is 21.4. The lowest BCUT2D eigenvalue weighted by Crippen LogP contribution is -1.90. The van der Waals surface area contributed by atoms with Crippen molar-refractivity contribution in [2.75, 3.05) is 0 Å². The van der Waals surface area contributed by atoms with Gasteiger partial charge in [-0.15, -0.1) is 0 Å². The van der Waals surface area contributed by atoms with E-state index in [1.165, 1.54) is 0 Å². The van der Waals surface area contributed by atoms with Gasteiger partial charge in [0, 0.05) is 10.8 Å². The molecule has 0 saturated heterocycles. The molecule has 8 rings (SSSR count). The van der Waals surface area contributed by atoms with Crippen LogP contribution in [0.5, 0.6) is 0 Å². The highest BCUT2D eigenvalue weighted by Crippen LogP contribution is 2.44. The molecule has 1 aromatic heterocycles. The molecule has 1 heterocycles. The van der Waals surface area contributed by atoms with Gasteiger partial charge in [-0.3, -0.25) is 0 Å². The van der Waals surface area contributed by atoms with Crippen molar-refractivity contribution in [3.8, 4) is 33.4 Å². The largest absolute Gasteiger partial charge is 0.456 e. The molecular formula is C38H24O. The third kappa shape index (κ3) is 3.41. The van der Waals surface area contributed by atoms with E-state index in [1.807, 2.05) is 78.9 Å². The van der Waals surface area contributed by atoms with E-state index in [0.717, 1.165) is 65.7 Å². The van der Waals surface area contributed by atoms with E-state index in [1.54, 1.807) is 0 Å². The predicted molar refractivity (Wildman–Crippen MR) is 165 cm³/mol. The molecule has 0 atom stereocenters. The minimum atomic E-state index is -0.395. The molecule has 0 saturated carbocycles. The SMILES string of the molecule is [2H]c1c([2H])c([2H])c(-c2c3ccccc3c(-c3ccc(-c4cccc5oc6ccccc6c45)cc3)c3ccccc23)c([2H])c1[2H]. The Labute approximate surface area is 233 Å². The summed E-state index contributed by atoms with van der Waals surface area (Å²) < 4.78 is 48.5. The Morgan fingerprint density at radius 2 is 0.923 bits per heavy atom. The highest BCUT2D eigenvalue weighted by Gasteiger charge is 2.17. The first-order valence-electron chi connectivity index (χ1n) is 15.5. The Morgan fingerprint density at radius 1 is 0.410 bits per heavy atom. The molecule has 39 heavy (non-hydrogen) atoms. The number of para-hydroxylation sites is 1. The maximum absolute atomic E-state index is 8.76. The van der Waals surface area contributed by atoms with Crippen molar-refractivity contribution in [3.63, 3.8) is 0 Å². The van der Waals surface area contributed by atoms with Crippen LogP contribution in [0.15, 0.2) is 150 Å². The van der Waals surface area contributed by atoms with Crippen LogP contribution in [0.1, 0.15) is 6.85 Å². The summed E-state index contributed by atoms with van der Waals surface area (Å²) in [6.45, 7) is 0. The molecule has 0 spiro atoms. The van der Waals surface area contributed by atoms with Crippen LogP contribution in [0.4, 0.5) is 0 Å². The molecule has 8 aromatic rings. The van der Waals surface area contributed by atoms with Crippen molar-refractivity contribution in [2.45, 2.75) is 0 Å². The number of hydrogen-bond donors (Lipinski definition) is 0. The van der Waals surface area contributed by atoms with Crippen LogP contribution in [-0.2, 0) is 0 Å². The lowest BCUT2D eigenvalue weighted by molar-refractivity contribution is 0.669. The van der Waals surface area contributed by atoms with E-state index in [4.69, 9.17) is 11.3 Å². The summed E-state index contributed by atoms with van der Waals surface area (Å²) in [6, 6.07) is 37.2. The highest BCUT2D eigenvalue weighted by atomic mass is 16.3. The normalized spacial score (nSPS) is 13.4. The molecule has 0 aliphatic carbocycles. The molecule has 0 radical (unpaired) electrons. The highest BCUT2D eigenvalue weighted by molar-refractivity contribution is 6.21. The van der Waals surface area contributed by atoms with Gasteiger partial charge >= 0.3 is 0 Å². The second-order valence-corrected chi connectivity index (χ2v) is 9.70. The van der Waals surface area contributed by atoms with Gasteiger partial charge in [0.2, 0.25) is 0 Å². The van der Waals surface area contributed by atoms with E-state index >= 15 is 0 Å². The average molecular weight is 502 g/mol. The minimum absolute atomic E-state index is 0.204. The Morgan fingerprint density at radius 3 is 1.56 bits per heavy atom. The molecule has 0 fully saturated rings. The zero-order valence-electron chi connectivity index (χ0n) is 25.9. The molecule has 7 aromatic carbocycles. The standard InChI is InChI=1S/C38H24O/c1-2-11-26(12-3-1)36-29-13-4-6-15-31(29)37(32-16-7-5-14-30(32)36)27-23-21-25(22-24-27)28-18-10-20-35-38(28)33-17-8-9-19-34(33)39-35/h1-24H/i1D,2D,3D,11D,12D. The van der Waals surface area contributed by atoms with E-state index in [0.29, 0.717) is 5.56 Å². The van der Waals surface area contributed by atoms with Crippen LogP contribution >= 0.6 is 0 Å². The third-order valence-electron chi connectivity index (χ3n) is 7.57. The Kier molecular flexibility index (Phi) is 3.89. The van der Waals surface area contributed by atoms with Crippen LogP contribution in [0.2, 0.25) is 0 Å². The molecule has 1 nitrogen and oxygen atoms in total. The Balaban J connectivity index is 1.38. The quantitative estimate of drug-likeness (QED) is 0.219. The Hall–Kier alpha value is -5.14. The van der Waals surface area contributed by atoms with Crippen LogP contribution in [0, 0.1) is 0 Å². The minimum Gasteiger partial charge on any atom is -0.456 e. The molecule has 0 aliphatic heterocycles. The van der Waals surface area contributed by atoms with Crippen molar-refractivity contribution in [2.24, 2.45) is 0 Å². The second kappa shape index (κ2) is 8.72. The van der Waals surface area contributed by atoms with Crippen LogP contribution in [-0.4, -0.2) is 0 Å². The number of furan rings is 1. The van der Waals surface area contributed by atoms with Gasteiger partial charge in [0.05, 0.1) is 6.85 Å². The van der Waals surface area contributed by atoms with Crippen molar-refractivity contribution >= 4 is 43.5 Å². The lowest BCUT2D eigenvalue weighted by atomic mass is 9.85. The number of rotatable bonds is 3.